The molecular formula is C24H27N3O4. The van der Waals surface area contributed by atoms with Crippen LogP contribution in [0, 0.1) is 13.8 Å². The summed E-state index contributed by atoms with van der Waals surface area (Å²) in [5.74, 6) is 1.03. The molecule has 7 heteroatoms. The Balaban J connectivity index is 1.53. The molecule has 2 N–H and O–H groups in total. The molecule has 0 aliphatic carbocycles. The number of amides is 1. The van der Waals surface area contributed by atoms with Crippen LogP contribution >= 0.6 is 0 Å². The molecule has 0 atom stereocenters. The Labute approximate surface area is 181 Å². The van der Waals surface area contributed by atoms with Gasteiger partial charge in [-0.15, -0.1) is 0 Å². The highest BCUT2D eigenvalue weighted by Gasteiger charge is 2.23. The van der Waals surface area contributed by atoms with Gasteiger partial charge < -0.3 is 19.8 Å². The van der Waals surface area contributed by atoms with Crippen molar-refractivity contribution in [2.45, 2.75) is 26.8 Å². The fourth-order valence-corrected chi connectivity index (χ4v) is 4.08. The number of aromatic nitrogens is 1. The zero-order valence-corrected chi connectivity index (χ0v) is 18.3. The van der Waals surface area contributed by atoms with E-state index in [4.69, 9.17) is 9.47 Å². The van der Waals surface area contributed by atoms with Gasteiger partial charge in [-0.2, -0.15) is 0 Å². The monoisotopic (exact) mass is 421 g/mol. The number of nitrogens with zero attached hydrogens (tertiary/aromatic N) is 1. The van der Waals surface area contributed by atoms with E-state index in [1.54, 1.807) is 32.4 Å². The number of methoxy groups -OCH3 is 2. The van der Waals surface area contributed by atoms with Crippen LogP contribution in [0.4, 0.5) is 5.69 Å². The van der Waals surface area contributed by atoms with Crippen molar-refractivity contribution in [1.29, 1.82) is 0 Å². The lowest BCUT2D eigenvalue weighted by molar-refractivity contribution is -0.117. The summed E-state index contributed by atoms with van der Waals surface area (Å²) in [7, 11) is 3.13. The third-order valence-electron chi connectivity index (χ3n) is 6.00. The summed E-state index contributed by atoms with van der Waals surface area (Å²) in [5, 5.41) is 3.60. The highest BCUT2D eigenvalue weighted by molar-refractivity contribution is 5.94. The van der Waals surface area contributed by atoms with Gasteiger partial charge in [0, 0.05) is 42.2 Å². The van der Waals surface area contributed by atoms with E-state index in [0.29, 0.717) is 42.1 Å². The van der Waals surface area contributed by atoms with E-state index in [2.05, 4.69) is 10.3 Å². The van der Waals surface area contributed by atoms with Crippen molar-refractivity contribution >= 4 is 22.5 Å². The first kappa shape index (κ1) is 20.9. The van der Waals surface area contributed by atoms with Gasteiger partial charge in [-0.1, -0.05) is 6.07 Å². The van der Waals surface area contributed by atoms with E-state index in [1.165, 1.54) is 0 Å². The molecule has 0 radical (unpaired) electrons. The molecule has 1 aliphatic heterocycles. The van der Waals surface area contributed by atoms with E-state index in [9.17, 15) is 9.59 Å². The minimum Gasteiger partial charge on any atom is -0.497 e. The summed E-state index contributed by atoms with van der Waals surface area (Å²) >= 11 is 0. The van der Waals surface area contributed by atoms with Crippen molar-refractivity contribution in [2.24, 2.45) is 0 Å². The number of aryl methyl sites for hydroxylation is 2. The largest absolute Gasteiger partial charge is 0.497 e. The van der Waals surface area contributed by atoms with Gasteiger partial charge in [0.05, 0.1) is 32.0 Å². The Kier molecular flexibility index (Phi) is 5.69. The molecule has 1 amide bonds. The molecule has 3 aromatic rings. The van der Waals surface area contributed by atoms with Crippen LogP contribution in [0.25, 0.3) is 10.9 Å². The summed E-state index contributed by atoms with van der Waals surface area (Å²) in [6.45, 7) is 5.40. The number of anilines is 1. The van der Waals surface area contributed by atoms with Crippen molar-refractivity contribution < 1.29 is 14.3 Å². The number of fused-ring (bicyclic) bond motifs is 2. The average Bonchev–Trinajstić information content (AvgIpc) is 2.77. The Morgan fingerprint density at radius 2 is 1.97 bits per heavy atom. The predicted octanol–water partition coefficient (Wildman–Crippen LogP) is 3.16. The van der Waals surface area contributed by atoms with Crippen LogP contribution in [0.2, 0.25) is 0 Å². The highest BCUT2D eigenvalue weighted by atomic mass is 16.5. The number of hydrogen-bond acceptors (Lipinski definition) is 5. The van der Waals surface area contributed by atoms with Crippen molar-refractivity contribution in [1.82, 2.24) is 9.88 Å². The molecule has 162 valence electrons. The van der Waals surface area contributed by atoms with Gasteiger partial charge in [0.1, 0.15) is 11.5 Å². The molecule has 2 aromatic carbocycles. The van der Waals surface area contributed by atoms with Crippen LogP contribution in [0.5, 0.6) is 11.5 Å². The molecule has 1 aliphatic rings. The molecule has 0 bridgehead atoms. The van der Waals surface area contributed by atoms with Crippen LogP contribution in [0.3, 0.4) is 0 Å². The second-order valence-electron chi connectivity index (χ2n) is 7.92. The minimum atomic E-state index is -0.168. The summed E-state index contributed by atoms with van der Waals surface area (Å²) in [4.78, 5) is 31.3. The SMILES string of the molecule is COc1ccc(OC)c(NC(=O)CN2CCc3[nH]c4c(C)c(C)ccc4c(=O)c3C2)c1. The number of pyridine rings is 1. The molecule has 1 aromatic heterocycles. The average molecular weight is 421 g/mol. The Hall–Kier alpha value is -3.32. The van der Waals surface area contributed by atoms with Gasteiger partial charge in [-0.3, -0.25) is 14.5 Å². The van der Waals surface area contributed by atoms with Crippen LogP contribution < -0.4 is 20.2 Å². The summed E-state index contributed by atoms with van der Waals surface area (Å²) in [6.07, 6.45) is 0.698. The number of aromatic amines is 1. The Morgan fingerprint density at radius 3 is 2.71 bits per heavy atom. The predicted molar refractivity (Wildman–Crippen MR) is 121 cm³/mol. The molecule has 0 spiro atoms. The first-order valence-electron chi connectivity index (χ1n) is 10.3. The topological polar surface area (TPSA) is 83.7 Å². The molecule has 0 fully saturated rings. The molecule has 7 nitrogen and oxygen atoms in total. The van der Waals surface area contributed by atoms with Gasteiger partial charge in [0.2, 0.25) is 5.91 Å². The summed E-state index contributed by atoms with van der Waals surface area (Å²) < 4.78 is 10.6. The molecule has 4 rings (SSSR count). The maximum absolute atomic E-state index is 13.1. The fourth-order valence-electron chi connectivity index (χ4n) is 4.08. The number of hydrogen-bond donors (Lipinski definition) is 2. The third kappa shape index (κ3) is 4.01. The van der Waals surface area contributed by atoms with Gasteiger partial charge in [0.15, 0.2) is 5.43 Å². The van der Waals surface area contributed by atoms with Gasteiger partial charge in [0.25, 0.3) is 0 Å². The molecular weight excluding hydrogens is 394 g/mol. The first-order chi connectivity index (χ1) is 14.9. The summed E-state index contributed by atoms with van der Waals surface area (Å²) in [5.41, 5.74) is 5.49. The van der Waals surface area contributed by atoms with E-state index in [-0.39, 0.29) is 17.9 Å². The van der Waals surface area contributed by atoms with Crippen molar-refractivity contribution in [3.05, 3.63) is 62.9 Å². The van der Waals surface area contributed by atoms with E-state index in [1.807, 2.05) is 30.9 Å². The number of H-pyrrole nitrogens is 1. The van der Waals surface area contributed by atoms with Crippen molar-refractivity contribution in [3.8, 4) is 11.5 Å². The standard InChI is InChI=1S/C24H27N3O4/c1-14-5-7-17-23(15(14)2)26-19-9-10-27(12-18(19)24(17)29)13-22(28)25-20-11-16(30-3)6-8-21(20)31-4/h5-8,11H,9-10,12-13H2,1-4H3,(H,25,28)(H,26,29). The van der Waals surface area contributed by atoms with Gasteiger partial charge in [-0.05, 0) is 43.2 Å². The van der Waals surface area contributed by atoms with Crippen LogP contribution in [-0.2, 0) is 17.8 Å². The maximum Gasteiger partial charge on any atom is 0.238 e. The second-order valence-corrected chi connectivity index (χ2v) is 7.92. The van der Waals surface area contributed by atoms with Crippen molar-refractivity contribution in [3.63, 3.8) is 0 Å². The number of rotatable bonds is 5. The lowest BCUT2D eigenvalue weighted by Crippen LogP contribution is -2.39. The van der Waals surface area contributed by atoms with E-state index >= 15 is 0 Å². The van der Waals surface area contributed by atoms with Crippen LogP contribution in [-0.4, -0.2) is 43.1 Å². The smallest absolute Gasteiger partial charge is 0.238 e. The lowest BCUT2D eigenvalue weighted by Gasteiger charge is -2.28. The number of carbonyl (C=O) groups excluding carboxylic acids is 1. The van der Waals surface area contributed by atoms with Crippen LogP contribution in [0.15, 0.2) is 35.1 Å². The quantitative estimate of drug-likeness (QED) is 0.661. The Bertz CT molecular complexity index is 1220. The first-order valence-corrected chi connectivity index (χ1v) is 10.3. The molecule has 31 heavy (non-hydrogen) atoms. The van der Waals surface area contributed by atoms with Crippen molar-refractivity contribution in [2.75, 3.05) is 32.6 Å². The summed E-state index contributed by atoms with van der Waals surface area (Å²) in [6, 6.07) is 9.12. The number of nitrogens with one attached hydrogen (secondary N) is 2. The normalized spacial score (nSPS) is 13.7. The Morgan fingerprint density at radius 1 is 1.16 bits per heavy atom. The van der Waals surface area contributed by atoms with Gasteiger partial charge in [-0.25, -0.2) is 0 Å². The number of ether oxygens (including phenoxy) is 2. The minimum absolute atomic E-state index is 0.0476. The molecule has 2 heterocycles. The maximum atomic E-state index is 13.1. The zero-order valence-electron chi connectivity index (χ0n) is 18.3. The second kappa shape index (κ2) is 8.43. The molecule has 0 unspecified atom stereocenters. The van der Waals surface area contributed by atoms with E-state index < -0.39 is 0 Å². The molecule has 0 saturated carbocycles. The van der Waals surface area contributed by atoms with Gasteiger partial charge >= 0.3 is 0 Å². The zero-order chi connectivity index (χ0) is 22.1. The third-order valence-corrected chi connectivity index (χ3v) is 6.00. The lowest BCUT2D eigenvalue weighted by atomic mass is 9.99. The van der Waals surface area contributed by atoms with Crippen LogP contribution in [0.1, 0.15) is 22.4 Å². The van der Waals surface area contributed by atoms with E-state index in [0.717, 1.165) is 27.9 Å². The highest BCUT2D eigenvalue weighted by Crippen LogP contribution is 2.29. The number of benzene rings is 2. The fraction of sp³-hybridized carbons (Fsp3) is 0.333. The molecule has 0 saturated heterocycles. The number of carbonyl (C=O) groups is 1.